The van der Waals surface area contributed by atoms with Gasteiger partial charge in [0.05, 0.1) is 16.0 Å². The summed E-state index contributed by atoms with van der Waals surface area (Å²) in [4.78, 5) is 16.5. The van der Waals surface area contributed by atoms with Crippen LogP contribution in [0.1, 0.15) is 71.1 Å². The van der Waals surface area contributed by atoms with E-state index in [1.807, 2.05) is 18.2 Å². The van der Waals surface area contributed by atoms with Gasteiger partial charge in [0.2, 0.25) is 5.91 Å². The summed E-state index contributed by atoms with van der Waals surface area (Å²) in [7, 11) is 0. The molecule has 0 aliphatic carbocycles. The summed E-state index contributed by atoms with van der Waals surface area (Å²) in [6.45, 7) is 3.06. The molecular weight excluding hydrogens is 360 g/mol. The SMILES string of the molecule is CCCCCCCCCCCCNC(=O)CSc1nc2ccccc2s1. The van der Waals surface area contributed by atoms with Gasteiger partial charge in [-0.05, 0) is 18.6 Å². The summed E-state index contributed by atoms with van der Waals surface area (Å²) in [5.41, 5.74) is 1.02. The number of unbranched alkanes of at least 4 members (excludes halogenated alkanes) is 9. The molecule has 0 radical (unpaired) electrons. The zero-order valence-electron chi connectivity index (χ0n) is 16.0. The van der Waals surface area contributed by atoms with Crippen molar-refractivity contribution >= 4 is 39.2 Å². The summed E-state index contributed by atoms with van der Waals surface area (Å²) in [6, 6.07) is 8.10. The number of benzene rings is 1. The minimum absolute atomic E-state index is 0.116. The van der Waals surface area contributed by atoms with Crippen molar-refractivity contribution in [1.29, 1.82) is 0 Å². The van der Waals surface area contributed by atoms with Gasteiger partial charge in [0.15, 0.2) is 4.34 Å². The molecule has 0 spiro atoms. The van der Waals surface area contributed by atoms with Crippen molar-refractivity contribution in [2.24, 2.45) is 0 Å². The predicted octanol–water partition coefficient (Wildman–Crippen LogP) is 6.43. The molecule has 1 heterocycles. The van der Waals surface area contributed by atoms with Crippen LogP contribution in [0.5, 0.6) is 0 Å². The highest BCUT2D eigenvalue weighted by Crippen LogP contribution is 2.28. The van der Waals surface area contributed by atoms with Gasteiger partial charge < -0.3 is 5.32 Å². The third-order valence-corrected chi connectivity index (χ3v) is 6.63. The zero-order valence-corrected chi connectivity index (χ0v) is 17.6. The van der Waals surface area contributed by atoms with Crippen molar-refractivity contribution in [3.05, 3.63) is 24.3 Å². The van der Waals surface area contributed by atoms with E-state index in [9.17, 15) is 4.79 Å². The normalized spacial score (nSPS) is 11.1. The highest BCUT2D eigenvalue weighted by molar-refractivity contribution is 8.01. The molecule has 0 fully saturated rings. The molecular formula is C21H32N2OS2. The van der Waals surface area contributed by atoms with E-state index < -0.39 is 0 Å². The molecule has 3 nitrogen and oxygen atoms in total. The average Bonchev–Trinajstić information content (AvgIpc) is 3.07. The molecule has 0 aliphatic rings. The van der Waals surface area contributed by atoms with Crippen LogP contribution in [-0.2, 0) is 4.79 Å². The van der Waals surface area contributed by atoms with Crippen LogP contribution in [0, 0.1) is 0 Å². The van der Waals surface area contributed by atoms with Gasteiger partial charge >= 0.3 is 0 Å². The molecule has 1 N–H and O–H groups in total. The van der Waals surface area contributed by atoms with E-state index in [1.165, 1.54) is 74.2 Å². The highest BCUT2D eigenvalue weighted by atomic mass is 32.2. The Hall–Kier alpha value is -1.07. The lowest BCUT2D eigenvalue weighted by atomic mass is 10.1. The lowest BCUT2D eigenvalue weighted by Crippen LogP contribution is -2.26. The second-order valence-electron chi connectivity index (χ2n) is 6.77. The number of thioether (sulfide) groups is 1. The van der Waals surface area contributed by atoms with Crippen molar-refractivity contribution in [3.63, 3.8) is 0 Å². The van der Waals surface area contributed by atoms with E-state index in [4.69, 9.17) is 0 Å². The summed E-state index contributed by atoms with van der Waals surface area (Å²) < 4.78 is 2.15. The molecule has 2 rings (SSSR count). The average molecular weight is 393 g/mol. The van der Waals surface area contributed by atoms with Crippen molar-refractivity contribution < 1.29 is 4.79 Å². The van der Waals surface area contributed by atoms with Crippen molar-refractivity contribution in [2.75, 3.05) is 12.3 Å². The molecule has 26 heavy (non-hydrogen) atoms. The largest absolute Gasteiger partial charge is 0.355 e. The first kappa shape index (κ1) is 21.2. The van der Waals surface area contributed by atoms with Crippen LogP contribution in [0.3, 0.4) is 0 Å². The number of para-hydroxylation sites is 1. The van der Waals surface area contributed by atoms with Crippen molar-refractivity contribution in [1.82, 2.24) is 10.3 Å². The van der Waals surface area contributed by atoms with E-state index in [2.05, 4.69) is 23.3 Å². The summed E-state index contributed by atoms with van der Waals surface area (Å²) in [6.07, 6.45) is 13.2. The number of hydrogen-bond donors (Lipinski definition) is 1. The Balaban J connectivity index is 1.44. The third-order valence-electron chi connectivity index (χ3n) is 4.45. The van der Waals surface area contributed by atoms with E-state index in [1.54, 1.807) is 11.3 Å². The van der Waals surface area contributed by atoms with E-state index >= 15 is 0 Å². The van der Waals surface area contributed by atoms with Gasteiger partial charge in [0, 0.05) is 6.54 Å². The molecule has 0 aliphatic heterocycles. The molecule has 1 aromatic heterocycles. The van der Waals surface area contributed by atoms with Crippen LogP contribution in [0.25, 0.3) is 10.2 Å². The quantitative estimate of drug-likeness (QED) is 0.298. The number of carbonyl (C=O) groups excluding carboxylic acids is 1. The number of rotatable bonds is 14. The van der Waals surface area contributed by atoms with Gasteiger partial charge in [0.1, 0.15) is 0 Å². The number of aromatic nitrogens is 1. The van der Waals surface area contributed by atoms with E-state index in [-0.39, 0.29) is 5.91 Å². The molecule has 0 bridgehead atoms. The summed E-state index contributed by atoms with van der Waals surface area (Å²) in [5.74, 6) is 0.572. The molecule has 0 atom stereocenters. The highest BCUT2D eigenvalue weighted by Gasteiger charge is 2.07. The second kappa shape index (κ2) is 13.2. The first-order valence-electron chi connectivity index (χ1n) is 10.0. The van der Waals surface area contributed by atoms with Crippen LogP contribution in [0.2, 0.25) is 0 Å². The molecule has 0 unspecified atom stereocenters. The topological polar surface area (TPSA) is 42.0 Å². The van der Waals surface area contributed by atoms with Gasteiger partial charge in [-0.1, -0.05) is 88.6 Å². The Bertz CT molecular complexity index is 609. The number of hydrogen-bond acceptors (Lipinski definition) is 4. The Morgan fingerprint density at radius 1 is 1.00 bits per heavy atom. The van der Waals surface area contributed by atoms with Gasteiger partial charge in [0.25, 0.3) is 0 Å². The number of amides is 1. The standard InChI is InChI=1S/C21H32N2OS2/c1-2-3-4-5-6-7-8-9-10-13-16-22-20(24)17-25-21-23-18-14-11-12-15-19(18)26-21/h11-12,14-15H,2-10,13,16-17H2,1H3,(H,22,24). The lowest BCUT2D eigenvalue weighted by Gasteiger charge is -2.05. The maximum Gasteiger partial charge on any atom is 0.230 e. The number of thiazole rings is 1. The fourth-order valence-electron chi connectivity index (χ4n) is 2.93. The number of nitrogens with one attached hydrogen (secondary N) is 1. The Morgan fingerprint density at radius 2 is 1.65 bits per heavy atom. The maximum absolute atomic E-state index is 11.9. The van der Waals surface area contributed by atoms with Gasteiger partial charge in [-0.2, -0.15) is 0 Å². The number of carbonyl (C=O) groups is 1. The second-order valence-corrected chi connectivity index (χ2v) is 9.02. The fourth-order valence-corrected chi connectivity index (χ4v) is 4.83. The van der Waals surface area contributed by atoms with Crippen molar-refractivity contribution in [2.45, 2.75) is 75.5 Å². The Labute approximate surface area is 166 Å². The Morgan fingerprint density at radius 3 is 2.35 bits per heavy atom. The molecule has 0 saturated carbocycles. The summed E-state index contributed by atoms with van der Waals surface area (Å²) >= 11 is 3.19. The molecule has 1 aromatic carbocycles. The molecule has 0 saturated heterocycles. The number of fused-ring (bicyclic) bond motifs is 1. The van der Waals surface area contributed by atoms with E-state index in [0.29, 0.717) is 5.75 Å². The minimum atomic E-state index is 0.116. The van der Waals surface area contributed by atoms with Crippen LogP contribution < -0.4 is 5.32 Å². The fraction of sp³-hybridized carbons (Fsp3) is 0.619. The molecule has 5 heteroatoms. The van der Waals surface area contributed by atoms with Crippen molar-refractivity contribution in [3.8, 4) is 0 Å². The minimum Gasteiger partial charge on any atom is -0.355 e. The van der Waals surface area contributed by atoms with Gasteiger partial charge in [-0.25, -0.2) is 4.98 Å². The molecule has 1 amide bonds. The predicted molar refractivity (Wildman–Crippen MR) is 115 cm³/mol. The van der Waals surface area contributed by atoms with Crippen LogP contribution >= 0.6 is 23.1 Å². The van der Waals surface area contributed by atoms with Crippen LogP contribution in [0.4, 0.5) is 0 Å². The first-order valence-corrected chi connectivity index (χ1v) is 11.8. The molecule has 144 valence electrons. The first-order chi connectivity index (χ1) is 12.8. The number of nitrogens with zero attached hydrogens (tertiary/aromatic N) is 1. The van der Waals surface area contributed by atoms with Crippen LogP contribution in [0.15, 0.2) is 28.6 Å². The zero-order chi connectivity index (χ0) is 18.5. The van der Waals surface area contributed by atoms with Gasteiger partial charge in [-0.3, -0.25) is 4.79 Å². The Kier molecular flexibility index (Phi) is 10.7. The monoisotopic (exact) mass is 392 g/mol. The lowest BCUT2D eigenvalue weighted by molar-refractivity contribution is -0.118. The summed E-state index contributed by atoms with van der Waals surface area (Å²) in [5, 5.41) is 3.03. The van der Waals surface area contributed by atoms with E-state index in [0.717, 1.165) is 22.8 Å². The molecule has 2 aromatic rings. The maximum atomic E-state index is 11.9. The van der Waals surface area contributed by atoms with Gasteiger partial charge in [-0.15, -0.1) is 11.3 Å². The smallest absolute Gasteiger partial charge is 0.230 e. The third kappa shape index (κ3) is 8.54. The van der Waals surface area contributed by atoms with Crippen LogP contribution in [-0.4, -0.2) is 23.2 Å².